The van der Waals surface area contributed by atoms with Gasteiger partial charge in [0.25, 0.3) is 5.69 Å². The average Bonchev–Trinajstić information content (AvgIpc) is 2.45. The summed E-state index contributed by atoms with van der Waals surface area (Å²) in [5.41, 5.74) is -2.18. The number of halogens is 3. The third kappa shape index (κ3) is 5.31. The van der Waals surface area contributed by atoms with Crippen LogP contribution < -0.4 is 0 Å². The molecule has 0 aromatic heterocycles. The van der Waals surface area contributed by atoms with E-state index in [4.69, 9.17) is 4.74 Å². The highest BCUT2D eigenvalue weighted by atomic mass is 32.2. The SMILES string of the molecule is CC[C@@H](C)OC(=O)C[S@@](=O)c1ccc(C(F)(F)F)cc1[N+](=O)[O-]. The first-order valence-electron chi connectivity index (χ1n) is 6.49. The van der Waals surface area contributed by atoms with Crippen molar-refractivity contribution in [1.82, 2.24) is 0 Å². The van der Waals surface area contributed by atoms with E-state index >= 15 is 0 Å². The number of nitro groups is 1. The fraction of sp³-hybridized carbons (Fsp3) is 0.462. The average molecular weight is 353 g/mol. The van der Waals surface area contributed by atoms with Crippen molar-refractivity contribution in [3.8, 4) is 0 Å². The normalized spacial score (nSPS) is 14.1. The molecule has 128 valence electrons. The fourth-order valence-corrected chi connectivity index (χ4v) is 2.58. The summed E-state index contributed by atoms with van der Waals surface area (Å²) in [6, 6.07) is 1.63. The van der Waals surface area contributed by atoms with Gasteiger partial charge in [-0.15, -0.1) is 0 Å². The van der Waals surface area contributed by atoms with Crippen molar-refractivity contribution < 1.29 is 31.8 Å². The number of nitro benzene ring substituents is 1. The lowest BCUT2D eigenvalue weighted by molar-refractivity contribution is -0.388. The Kier molecular flexibility index (Phi) is 6.25. The molecule has 0 N–H and O–H groups in total. The predicted molar refractivity (Wildman–Crippen MR) is 75.2 cm³/mol. The highest BCUT2D eigenvalue weighted by molar-refractivity contribution is 7.85. The molecule has 0 radical (unpaired) electrons. The predicted octanol–water partition coefficient (Wildman–Crippen LogP) is 3.06. The van der Waals surface area contributed by atoms with E-state index in [1.807, 2.05) is 0 Å². The third-order valence-corrected chi connectivity index (χ3v) is 4.22. The minimum absolute atomic E-state index is 0.299. The molecule has 0 aliphatic rings. The lowest BCUT2D eigenvalue weighted by Gasteiger charge is -2.11. The number of carbonyl (C=O) groups excluding carboxylic acids is 1. The summed E-state index contributed by atoms with van der Waals surface area (Å²) in [6.45, 7) is 3.37. The minimum atomic E-state index is -4.76. The molecule has 0 heterocycles. The van der Waals surface area contributed by atoms with E-state index in [1.165, 1.54) is 0 Å². The van der Waals surface area contributed by atoms with Gasteiger partial charge < -0.3 is 4.74 Å². The van der Waals surface area contributed by atoms with Crippen LogP contribution in [0.5, 0.6) is 0 Å². The topological polar surface area (TPSA) is 86.5 Å². The Morgan fingerprint density at radius 2 is 2.04 bits per heavy atom. The van der Waals surface area contributed by atoms with Gasteiger partial charge in [0.15, 0.2) is 0 Å². The van der Waals surface area contributed by atoms with Gasteiger partial charge in [0.1, 0.15) is 10.6 Å². The molecule has 0 aliphatic heterocycles. The van der Waals surface area contributed by atoms with E-state index in [0.29, 0.717) is 18.6 Å². The van der Waals surface area contributed by atoms with E-state index in [2.05, 4.69) is 0 Å². The molecule has 0 fully saturated rings. The highest BCUT2D eigenvalue weighted by Crippen LogP contribution is 2.34. The zero-order chi connectivity index (χ0) is 17.8. The lowest BCUT2D eigenvalue weighted by atomic mass is 10.2. The van der Waals surface area contributed by atoms with E-state index < -0.39 is 55.9 Å². The summed E-state index contributed by atoms with van der Waals surface area (Å²) < 4.78 is 54.7. The molecular weight excluding hydrogens is 339 g/mol. The van der Waals surface area contributed by atoms with Crippen LogP contribution in [0.25, 0.3) is 0 Å². The molecule has 0 unspecified atom stereocenters. The van der Waals surface area contributed by atoms with Crippen molar-refractivity contribution in [1.29, 1.82) is 0 Å². The van der Waals surface area contributed by atoms with E-state index in [0.717, 1.165) is 6.07 Å². The number of esters is 1. The number of benzene rings is 1. The molecule has 0 saturated heterocycles. The van der Waals surface area contributed by atoms with Crippen LogP contribution in [0.2, 0.25) is 0 Å². The van der Waals surface area contributed by atoms with Gasteiger partial charge in [0.2, 0.25) is 0 Å². The van der Waals surface area contributed by atoms with Crippen LogP contribution in [0.15, 0.2) is 23.1 Å². The number of carbonyl (C=O) groups is 1. The largest absolute Gasteiger partial charge is 0.462 e. The molecule has 6 nitrogen and oxygen atoms in total. The van der Waals surface area contributed by atoms with Crippen LogP contribution in [0.4, 0.5) is 18.9 Å². The summed E-state index contributed by atoms with van der Waals surface area (Å²) in [7, 11) is -2.18. The molecule has 0 amide bonds. The van der Waals surface area contributed by atoms with Crippen molar-refractivity contribution in [3.63, 3.8) is 0 Å². The summed E-state index contributed by atoms with van der Waals surface area (Å²) in [5, 5.41) is 10.9. The second-order valence-corrected chi connectivity index (χ2v) is 6.06. The van der Waals surface area contributed by atoms with Gasteiger partial charge in [-0.2, -0.15) is 13.2 Å². The van der Waals surface area contributed by atoms with E-state index in [9.17, 15) is 32.3 Å². The summed E-state index contributed by atoms with van der Waals surface area (Å²) >= 11 is 0. The Morgan fingerprint density at radius 3 is 2.52 bits per heavy atom. The fourth-order valence-electron chi connectivity index (χ4n) is 1.56. The molecule has 1 rings (SSSR count). The molecule has 0 saturated carbocycles. The van der Waals surface area contributed by atoms with Crippen molar-refractivity contribution in [3.05, 3.63) is 33.9 Å². The van der Waals surface area contributed by atoms with Crippen LogP contribution in [0.1, 0.15) is 25.8 Å². The second-order valence-electron chi connectivity index (χ2n) is 4.64. The third-order valence-electron chi connectivity index (χ3n) is 2.88. The zero-order valence-electron chi connectivity index (χ0n) is 12.3. The standard InChI is InChI=1S/C13H14F3NO5S/c1-3-8(2)22-12(18)7-23(21)11-5-4-9(13(14,15)16)6-10(11)17(19)20/h4-6,8H,3,7H2,1-2H3/t8-,23-/m1/s1. The first-order chi connectivity index (χ1) is 10.6. The Balaban J connectivity index is 3.05. The Hall–Kier alpha value is -1.97. The van der Waals surface area contributed by atoms with Crippen molar-refractivity contribution in [2.75, 3.05) is 5.75 Å². The van der Waals surface area contributed by atoms with Gasteiger partial charge in [-0.3, -0.25) is 19.1 Å². The van der Waals surface area contributed by atoms with E-state index in [1.54, 1.807) is 13.8 Å². The number of ether oxygens (including phenoxy) is 1. The van der Waals surface area contributed by atoms with Crippen LogP contribution in [0.3, 0.4) is 0 Å². The molecule has 23 heavy (non-hydrogen) atoms. The number of nitrogens with zero attached hydrogens (tertiary/aromatic N) is 1. The van der Waals surface area contributed by atoms with Crippen LogP contribution >= 0.6 is 0 Å². The van der Waals surface area contributed by atoms with Gasteiger partial charge in [0.05, 0.1) is 27.4 Å². The van der Waals surface area contributed by atoms with Crippen molar-refractivity contribution in [2.24, 2.45) is 0 Å². The molecule has 10 heteroatoms. The van der Waals surface area contributed by atoms with Gasteiger partial charge in [-0.25, -0.2) is 0 Å². The summed E-state index contributed by atoms with van der Waals surface area (Å²) in [4.78, 5) is 20.9. The maximum absolute atomic E-state index is 12.6. The van der Waals surface area contributed by atoms with E-state index in [-0.39, 0.29) is 0 Å². The Morgan fingerprint density at radius 1 is 1.43 bits per heavy atom. The quantitative estimate of drug-likeness (QED) is 0.446. The van der Waals surface area contributed by atoms with Crippen molar-refractivity contribution in [2.45, 2.75) is 37.4 Å². The maximum Gasteiger partial charge on any atom is 0.416 e. The smallest absolute Gasteiger partial charge is 0.416 e. The number of alkyl halides is 3. The molecule has 2 atom stereocenters. The second kappa shape index (κ2) is 7.53. The van der Waals surface area contributed by atoms with Crippen molar-refractivity contribution >= 4 is 22.5 Å². The molecule has 1 aromatic rings. The van der Waals surface area contributed by atoms with Crippen LogP contribution in [0, 0.1) is 10.1 Å². The molecule has 1 aromatic carbocycles. The number of rotatable bonds is 6. The first-order valence-corrected chi connectivity index (χ1v) is 7.81. The summed E-state index contributed by atoms with van der Waals surface area (Å²) in [6.07, 6.45) is -4.65. The Labute approximate surface area is 132 Å². The lowest BCUT2D eigenvalue weighted by Crippen LogP contribution is -2.20. The zero-order valence-corrected chi connectivity index (χ0v) is 13.1. The van der Waals surface area contributed by atoms with Gasteiger partial charge in [-0.05, 0) is 25.5 Å². The van der Waals surface area contributed by atoms with Gasteiger partial charge >= 0.3 is 12.1 Å². The number of hydrogen-bond acceptors (Lipinski definition) is 5. The highest BCUT2D eigenvalue weighted by Gasteiger charge is 2.34. The maximum atomic E-state index is 12.6. The number of hydrogen-bond donors (Lipinski definition) is 0. The van der Waals surface area contributed by atoms with Gasteiger partial charge in [-0.1, -0.05) is 6.92 Å². The summed E-state index contributed by atoms with van der Waals surface area (Å²) in [5.74, 6) is -1.51. The van der Waals surface area contributed by atoms with Gasteiger partial charge in [0, 0.05) is 6.07 Å². The monoisotopic (exact) mass is 353 g/mol. The molecule has 0 aliphatic carbocycles. The Bertz CT molecular complexity index is 633. The first kappa shape index (κ1) is 19.1. The minimum Gasteiger partial charge on any atom is -0.462 e. The van der Waals surface area contributed by atoms with Crippen LogP contribution in [-0.2, 0) is 26.5 Å². The molecular formula is C13H14F3NO5S. The van der Waals surface area contributed by atoms with Crippen LogP contribution in [-0.4, -0.2) is 27.0 Å². The molecule has 0 spiro atoms. The molecule has 0 bridgehead atoms.